The molecule has 2 aliphatic carbocycles. The first-order valence-electron chi connectivity index (χ1n) is 20.6. The third-order valence-electron chi connectivity index (χ3n) is 10.7. The van der Waals surface area contributed by atoms with Crippen molar-refractivity contribution in [2.45, 2.75) is 70.9 Å². The van der Waals surface area contributed by atoms with Crippen molar-refractivity contribution < 1.29 is 51.2 Å². The molecule has 3 N–H and O–H groups in total. The Morgan fingerprint density at radius 2 is 1.20 bits per heavy atom. The van der Waals surface area contributed by atoms with Crippen LogP contribution in [0, 0.1) is 11.6 Å². The van der Waals surface area contributed by atoms with Gasteiger partial charge in [0, 0.05) is 30.8 Å². The van der Waals surface area contributed by atoms with Crippen LogP contribution < -0.4 is 35.0 Å². The van der Waals surface area contributed by atoms with E-state index in [1.165, 1.54) is 54.9 Å². The SMILES string of the molecule is C.Cl.NCc1ncn2ccc(Cl)c(F)c12.O=C(NCc1ncn2ccc(Cl)c(F)c12)c1nnc(Cc2cn3nc(C4CC4)ccc3n2)o1.O=C([O-])c1nnc(Cc2cn3nc(C4CC4)ccc3n2)o1.[Li+]. The Morgan fingerprint density at radius 1 is 0.729 bits per heavy atom. The van der Waals surface area contributed by atoms with Crippen LogP contribution in [0.2, 0.25) is 10.0 Å². The summed E-state index contributed by atoms with van der Waals surface area (Å²) in [6.07, 6.45) is 15.0. The summed E-state index contributed by atoms with van der Waals surface area (Å²) in [5.74, 6) is -2.34. The molecule has 27 heteroatoms. The Kier molecular flexibility index (Phi) is 15.6. The number of pyridine rings is 2. The van der Waals surface area contributed by atoms with Crippen LogP contribution in [-0.4, -0.2) is 80.2 Å². The van der Waals surface area contributed by atoms with E-state index in [9.17, 15) is 23.5 Å². The Hall–Kier alpha value is -6.87. The number of imidazole rings is 4. The molecule has 2 fully saturated rings. The average Bonchev–Trinajstić information content (AvgIpc) is 3.90. The molecule has 12 rings (SSSR count). The third kappa shape index (κ3) is 10.9. The number of halogens is 5. The Bertz CT molecular complexity index is 3490. The molecule has 356 valence electrons. The Balaban J connectivity index is 0.000000167. The van der Waals surface area contributed by atoms with Crippen molar-refractivity contribution in [2.24, 2.45) is 5.73 Å². The first-order valence-corrected chi connectivity index (χ1v) is 21.4. The Morgan fingerprint density at radius 3 is 1.67 bits per heavy atom. The molecule has 21 nitrogen and oxygen atoms in total. The van der Waals surface area contributed by atoms with E-state index in [0.717, 1.165) is 22.7 Å². The molecule has 0 saturated heterocycles. The van der Waals surface area contributed by atoms with Crippen LogP contribution >= 0.6 is 35.6 Å². The van der Waals surface area contributed by atoms with E-state index in [1.807, 2.05) is 30.5 Å². The van der Waals surface area contributed by atoms with Crippen LogP contribution in [0.15, 0.2) is 82.7 Å². The van der Waals surface area contributed by atoms with Gasteiger partial charge in [0.15, 0.2) is 22.9 Å². The standard InChI is InChI=1S/C21H16ClFN8O2.C13H11N5O3.C8H7ClFN3.CH4.ClH.Li/c22-13-5-6-30-10-25-15(19(30)18(13)23)8-24-20(32)21-28-27-17(33-21)7-12-9-31-16(26-12)4-3-14(29-31)11-1-2-11;19-13(20)12-16-15-11(21-12)5-8-6-18-10(14-8)4-3-9(17-18)7-1-2-7;9-5-1-2-13-4-12-6(3-11)8(13)7(5)10;;;/h3-6,9-11H,1-2,7-8H2,(H,24,32);3-4,6-7H,1-2,5H2,(H,19,20);1-2,4H,3,11H2;1H4;1H;/q;;;;;+1/p-1. The number of hydrogen-bond acceptors (Lipinski definition) is 16. The van der Waals surface area contributed by atoms with E-state index in [1.54, 1.807) is 32.0 Å². The summed E-state index contributed by atoms with van der Waals surface area (Å²) in [5, 5.41) is 37.1. The number of fused-ring (bicyclic) bond motifs is 4. The van der Waals surface area contributed by atoms with Crippen molar-refractivity contribution in [3.63, 3.8) is 0 Å². The van der Waals surface area contributed by atoms with Crippen molar-refractivity contribution >= 4 is 69.8 Å². The first kappa shape index (κ1) is 51.0. The second-order valence-corrected chi connectivity index (χ2v) is 16.3. The number of hydrogen-bond donors (Lipinski definition) is 2. The van der Waals surface area contributed by atoms with Crippen LogP contribution in [0.1, 0.15) is 112 Å². The number of rotatable bonds is 11. The molecule has 0 aromatic carbocycles. The van der Waals surface area contributed by atoms with Gasteiger partial charge in [0.25, 0.3) is 5.89 Å². The maximum absolute atomic E-state index is 14.3. The topological polar surface area (TPSA) is 268 Å². The van der Waals surface area contributed by atoms with Crippen molar-refractivity contribution in [3.05, 3.63) is 153 Å². The minimum absolute atomic E-state index is 0. The summed E-state index contributed by atoms with van der Waals surface area (Å²) in [5.41, 5.74) is 11.8. The normalized spacial score (nSPS) is 12.9. The van der Waals surface area contributed by atoms with Crippen LogP contribution in [0.5, 0.6) is 0 Å². The van der Waals surface area contributed by atoms with E-state index in [2.05, 4.69) is 55.8 Å². The molecule has 70 heavy (non-hydrogen) atoms. The second-order valence-electron chi connectivity index (χ2n) is 15.5. The number of nitrogens with zero attached hydrogens (tertiary/aromatic N) is 14. The van der Waals surface area contributed by atoms with Crippen LogP contribution in [-0.2, 0) is 25.9 Å². The molecule has 0 bridgehead atoms. The molecular weight excluding hydrogens is 972 g/mol. The zero-order chi connectivity index (χ0) is 46.3. The van der Waals surface area contributed by atoms with Gasteiger partial charge < -0.3 is 38.6 Å². The molecule has 10 heterocycles. The number of nitrogens with one attached hydrogen (secondary N) is 1. The van der Waals surface area contributed by atoms with Gasteiger partial charge in [-0.15, -0.1) is 32.8 Å². The summed E-state index contributed by atoms with van der Waals surface area (Å²) >= 11 is 11.5. The molecule has 0 spiro atoms. The van der Waals surface area contributed by atoms with Crippen molar-refractivity contribution in [3.8, 4) is 0 Å². The quantitative estimate of drug-likeness (QED) is 0.176. The number of amides is 1. The molecule has 0 unspecified atom stereocenters. The van der Waals surface area contributed by atoms with Crippen LogP contribution in [0.3, 0.4) is 0 Å². The zero-order valence-electron chi connectivity index (χ0n) is 36.0. The minimum Gasteiger partial charge on any atom is -0.540 e. The number of carboxylic acids is 1. The summed E-state index contributed by atoms with van der Waals surface area (Å²) in [6.45, 7) is 0.166. The van der Waals surface area contributed by atoms with E-state index < -0.39 is 29.4 Å². The van der Waals surface area contributed by atoms with Crippen LogP contribution in [0.4, 0.5) is 8.78 Å². The number of carbonyl (C=O) groups is 2. The number of aromatic carboxylic acids is 1. The van der Waals surface area contributed by atoms with Gasteiger partial charge in [-0.05, 0) is 62.1 Å². The van der Waals surface area contributed by atoms with Crippen LogP contribution in [0.25, 0.3) is 22.3 Å². The molecule has 10 aromatic rings. The van der Waals surface area contributed by atoms with Gasteiger partial charge in [0.05, 0.1) is 88.6 Å². The van der Waals surface area contributed by atoms with E-state index in [0.29, 0.717) is 40.1 Å². The van der Waals surface area contributed by atoms with Crippen molar-refractivity contribution in [2.75, 3.05) is 0 Å². The van der Waals surface area contributed by atoms with Gasteiger partial charge in [0.1, 0.15) is 17.0 Å². The minimum atomic E-state index is -1.49. The van der Waals surface area contributed by atoms with Gasteiger partial charge in [-0.1, -0.05) is 30.6 Å². The van der Waals surface area contributed by atoms with E-state index in [4.69, 9.17) is 37.8 Å². The molecule has 0 aliphatic heterocycles. The molecule has 10 aromatic heterocycles. The first-order chi connectivity index (χ1) is 32.5. The van der Waals surface area contributed by atoms with E-state index in [-0.39, 0.29) is 97.9 Å². The molecule has 2 saturated carbocycles. The fraction of sp³-hybridized carbons (Fsp3) is 0.256. The molecular formula is C43H38Cl3F2LiN16O5. The molecule has 2 aliphatic rings. The van der Waals surface area contributed by atoms with E-state index >= 15 is 0 Å². The summed E-state index contributed by atoms with van der Waals surface area (Å²) in [7, 11) is 0. The monoisotopic (exact) mass is 1010 g/mol. The number of nitrogens with two attached hydrogens (primary N) is 1. The number of aromatic nitrogens is 14. The maximum Gasteiger partial charge on any atom is 1.00 e. The smallest absolute Gasteiger partial charge is 0.540 e. The van der Waals surface area contributed by atoms with Gasteiger partial charge in [0.2, 0.25) is 11.8 Å². The van der Waals surface area contributed by atoms with Crippen molar-refractivity contribution in [1.82, 2.24) is 73.7 Å². The summed E-state index contributed by atoms with van der Waals surface area (Å²) in [4.78, 5) is 40.0. The fourth-order valence-electron chi connectivity index (χ4n) is 7.08. The third-order valence-corrected chi connectivity index (χ3v) is 11.3. The second kappa shape index (κ2) is 21.4. The maximum atomic E-state index is 14.3. The van der Waals surface area contributed by atoms with Gasteiger partial charge in [-0.2, -0.15) is 10.2 Å². The predicted molar refractivity (Wildman–Crippen MR) is 242 cm³/mol. The molecule has 0 atom stereocenters. The fourth-order valence-corrected chi connectivity index (χ4v) is 7.37. The Labute approximate surface area is 422 Å². The number of carbonyl (C=O) groups excluding carboxylic acids is 2. The van der Waals surface area contributed by atoms with Gasteiger partial charge in [-0.3, -0.25) is 4.79 Å². The van der Waals surface area contributed by atoms with Gasteiger partial charge in [-0.25, -0.2) is 37.7 Å². The van der Waals surface area contributed by atoms with Gasteiger partial charge >= 0.3 is 30.7 Å². The van der Waals surface area contributed by atoms with Crippen molar-refractivity contribution in [1.29, 1.82) is 0 Å². The molecule has 0 radical (unpaired) electrons. The predicted octanol–water partition coefficient (Wildman–Crippen LogP) is 2.54. The molecule has 1 amide bonds. The average molecular weight is 1010 g/mol. The largest absolute Gasteiger partial charge is 1.00 e. The summed E-state index contributed by atoms with van der Waals surface area (Å²) < 4.78 is 44.7. The summed E-state index contributed by atoms with van der Waals surface area (Å²) in [6, 6.07) is 10.8. The number of carboxylic acid groups (broad SMARTS) is 1. The zero-order valence-corrected chi connectivity index (χ0v) is 38.4.